The summed E-state index contributed by atoms with van der Waals surface area (Å²) in [6.45, 7) is 2.34. The van der Waals surface area contributed by atoms with Crippen molar-refractivity contribution in [3.05, 3.63) is 35.4 Å². The van der Waals surface area contributed by atoms with Gasteiger partial charge in [-0.1, -0.05) is 24.3 Å². The Morgan fingerprint density at radius 3 is 2.33 bits per heavy atom. The van der Waals surface area contributed by atoms with Gasteiger partial charge in [-0.05, 0) is 18.2 Å². The van der Waals surface area contributed by atoms with Crippen molar-refractivity contribution >= 4 is 10.0 Å². The monoisotopic (exact) mass is 316 g/mol. The van der Waals surface area contributed by atoms with Crippen molar-refractivity contribution in [2.45, 2.75) is 12.3 Å². The van der Waals surface area contributed by atoms with E-state index in [0.29, 0.717) is 19.8 Å². The highest BCUT2D eigenvalue weighted by atomic mass is 32.2. The number of sulfonamides is 1. The molecule has 2 N–H and O–H groups in total. The number of methoxy groups -OCH3 is 1. The fraction of sp³-hybridized carbons (Fsp3) is 0.571. The van der Waals surface area contributed by atoms with E-state index in [9.17, 15) is 8.42 Å². The van der Waals surface area contributed by atoms with Crippen LogP contribution in [0.2, 0.25) is 0 Å². The van der Waals surface area contributed by atoms with Gasteiger partial charge >= 0.3 is 0 Å². The Balaban J connectivity index is 2.34. The summed E-state index contributed by atoms with van der Waals surface area (Å²) < 4.78 is 36.3. The van der Waals surface area contributed by atoms with Crippen LogP contribution in [0.3, 0.4) is 0 Å². The molecule has 120 valence electrons. The molecule has 0 amide bonds. The second kappa shape index (κ2) is 9.86. The Hall–Kier alpha value is -0.990. The summed E-state index contributed by atoms with van der Waals surface area (Å²) in [7, 11) is 0.134. The van der Waals surface area contributed by atoms with Gasteiger partial charge in [0.05, 0.1) is 25.6 Å². The van der Waals surface area contributed by atoms with Crippen LogP contribution < -0.4 is 10.0 Å². The van der Waals surface area contributed by atoms with Crippen LogP contribution in [0.15, 0.2) is 24.3 Å². The summed E-state index contributed by atoms with van der Waals surface area (Å²) in [5, 5.41) is 3.05. The molecule has 1 aromatic rings. The van der Waals surface area contributed by atoms with Gasteiger partial charge in [0.2, 0.25) is 10.0 Å². The first-order chi connectivity index (χ1) is 10.1. The summed E-state index contributed by atoms with van der Waals surface area (Å²) in [5.74, 6) is -0.0229. The van der Waals surface area contributed by atoms with Gasteiger partial charge < -0.3 is 14.8 Å². The highest BCUT2D eigenvalue weighted by Gasteiger charge is 2.10. The van der Waals surface area contributed by atoms with Crippen LogP contribution in [-0.4, -0.2) is 48.9 Å². The molecular formula is C14H24N2O4S. The van der Waals surface area contributed by atoms with Gasteiger partial charge in [0.25, 0.3) is 0 Å². The quantitative estimate of drug-likeness (QED) is 0.581. The number of benzene rings is 1. The smallest absolute Gasteiger partial charge is 0.215 e. The molecule has 0 aliphatic carbocycles. The van der Waals surface area contributed by atoms with Crippen LogP contribution >= 0.6 is 0 Å². The van der Waals surface area contributed by atoms with Crippen LogP contribution in [0.1, 0.15) is 11.1 Å². The van der Waals surface area contributed by atoms with E-state index < -0.39 is 10.0 Å². The molecule has 1 aromatic carbocycles. The lowest BCUT2D eigenvalue weighted by Gasteiger charge is -2.08. The predicted octanol–water partition coefficient (Wildman–Crippen LogP) is 0.488. The van der Waals surface area contributed by atoms with Gasteiger partial charge in [-0.15, -0.1) is 0 Å². The third kappa shape index (κ3) is 8.13. The molecule has 0 heterocycles. The van der Waals surface area contributed by atoms with Crippen molar-refractivity contribution in [2.75, 3.05) is 40.5 Å². The van der Waals surface area contributed by atoms with E-state index in [1.165, 1.54) is 0 Å². The molecular weight excluding hydrogens is 292 g/mol. The van der Waals surface area contributed by atoms with Crippen LogP contribution in [0, 0.1) is 0 Å². The van der Waals surface area contributed by atoms with Gasteiger partial charge in [0, 0.05) is 20.2 Å². The molecule has 0 saturated heterocycles. The van der Waals surface area contributed by atoms with E-state index in [-0.39, 0.29) is 12.3 Å². The molecule has 0 spiro atoms. The maximum absolute atomic E-state index is 11.9. The lowest BCUT2D eigenvalue weighted by Crippen LogP contribution is -2.29. The second-order valence-electron chi connectivity index (χ2n) is 4.61. The Kier molecular flexibility index (Phi) is 8.48. The number of hydrogen-bond donors (Lipinski definition) is 2. The van der Waals surface area contributed by atoms with Crippen LogP contribution in [-0.2, 0) is 31.8 Å². The third-order valence-electron chi connectivity index (χ3n) is 2.76. The van der Waals surface area contributed by atoms with Crippen molar-refractivity contribution in [2.24, 2.45) is 0 Å². The maximum Gasteiger partial charge on any atom is 0.215 e. The zero-order valence-corrected chi connectivity index (χ0v) is 13.4. The van der Waals surface area contributed by atoms with Crippen molar-refractivity contribution in [1.82, 2.24) is 10.0 Å². The lowest BCUT2D eigenvalue weighted by atomic mass is 10.1. The third-order valence-corrected chi connectivity index (χ3v) is 4.12. The molecule has 0 aliphatic rings. The predicted molar refractivity (Wildman–Crippen MR) is 82.5 cm³/mol. The normalized spacial score (nSPS) is 11.7. The van der Waals surface area contributed by atoms with E-state index in [4.69, 9.17) is 9.47 Å². The summed E-state index contributed by atoms with van der Waals surface area (Å²) in [5.41, 5.74) is 1.89. The molecule has 0 fully saturated rings. The molecule has 0 bridgehead atoms. The van der Waals surface area contributed by atoms with Crippen LogP contribution in [0.5, 0.6) is 0 Å². The number of rotatable bonds is 11. The van der Waals surface area contributed by atoms with Gasteiger partial charge in [0.15, 0.2) is 0 Å². The first-order valence-electron chi connectivity index (χ1n) is 6.84. The van der Waals surface area contributed by atoms with E-state index in [0.717, 1.165) is 17.7 Å². The lowest BCUT2D eigenvalue weighted by molar-refractivity contribution is 0.0736. The fourth-order valence-corrected chi connectivity index (χ4v) is 2.87. The SMILES string of the molecule is CNCc1ccc(CS(=O)(=O)NCCOCCOC)cc1. The Morgan fingerprint density at radius 1 is 1.05 bits per heavy atom. The van der Waals surface area contributed by atoms with Gasteiger partial charge in [0.1, 0.15) is 0 Å². The van der Waals surface area contributed by atoms with Gasteiger partial charge in [-0.2, -0.15) is 0 Å². The second-order valence-corrected chi connectivity index (χ2v) is 6.41. The van der Waals surface area contributed by atoms with Gasteiger partial charge in [-0.25, -0.2) is 13.1 Å². The molecule has 0 radical (unpaired) electrons. The molecule has 7 heteroatoms. The van der Waals surface area contributed by atoms with E-state index in [1.807, 2.05) is 31.3 Å². The molecule has 0 saturated carbocycles. The average molecular weight is 316 g/mol. The average Bonchev–Trinajstić information content (AvgIpc) is 2.45. The minimum absolute atomic E-state index is 0.0229. The zero-order valence-electron chi connectivity index (χ0n) is 12.6. The summed E-state index contributed by atoms with van der Waals surface area (Å²) >= 11 is 0. The van der Waals surface area contributed by atoms with Crippen LogP contribution in [0.25, 0.3) is 0 Å². The molecule has 0 aliphatic heterocycles. The fourth-order valence-electron chi connectivity index (χ4n) is 1.74. The summed E-state index contributed by atoms with van der Waals surface area (Å²) in [4.78, 5) is 0. The highest BCUT2D eigenvalue weighted by molar-refractivity contribution is 7.88. The highest BCUT2D eigenvalue weighted by Crippen LogP contribution is 2.07. The molecule has 21 heavy (non-hydrogen) atoms. The molecule has 0 atom stereocenters. The van der Waals surface area contributed by atoms with E-state index in [2.05, 4.69) is 10.0 Å². The van der Waals surface area contributed by atoms with Gasteiger partial charge in [-0.3, -0.25) is 0 Å². The van der Waals surface area contributed by atoms with Crippen molar-refractivity contribution < 1.29 is 17.9 Å². The topological polar surface area (TPSA) is 76.7 Å². The Labute approximate surface area is 126 Å². The summed E-state index contributed by atoms with van der Waals surface area (Å²) in [6.07, 6.45) is 0. The van der Waals surface area contributed by atoms with Crippen molar-refractivity contribution in [3.8, 4) is 0 Å². The van der Waals surface area contributed by atoms with Crippen molar-refractivity contribution in [3.63, 3.8) is 0 Å². The minimum atomic E-state index is -3.33. The standard InChI is InChI=1S/C14H24N2O4S/c1-15-11-13-3-5-14(6-4-13)12-21(17,18)16-7-8-20-10-9-19-2/h3-6,15-16H,7-12H2,1-2H3. The minimum Gasteiger partial charge on any atom is -0.382 e. The number of nitrogens with one attached hydrogen (secondary N) is 2. The summed E-state index contributed by atoms with van der Waals surface area (Å²) in [6, 6.07) is 7.52. The first kappa shape index (κ1) is 18.1. The Bertz CT molecular complexity index is 488. The van der Waals surface area contributed by atoms with Crippen LogP contribution in [0.4, 0.5) is 0 Å². The first-order valence-corrected chi connectivity index (χ1v) is 8.49. The molecule has 6 nitrogen and oxygen atoms in total. The van der Waals surface area contributed by atoms with E-state index in [1.54, 1.807) is 7.11 Å². The Morgan fingerprint density at radius 2 is 1.71 bits per heavy atom. The maximum atomic E-state index is 11.9. The molecule has 1 rings (SSSR count). The largest absolute Gasteiger partial charge is 0.382 e. The molecule has 0 aromatic heterocycles. The van der Waals surface area contributed by atoms with Crippen molar-refractivity contribution in [1.29, 1.82) is 0 Å². The van der Waals surface area contributed by atoms with E-state index >= 15 is 0 Å². The zero-order chi connectivity index (χ0) is 15.6. The molecule has 0 unspecified atom stereocenters. The number of hydrogen-bond acceptors (Lipinski definition) is 5. The number of ether oxygens (including phenoxy) is 2.